The minimum atomic E-state index is -0.318. The van der Waals surface area contributed by atoms with Crippen molar-refractivity contribution in [3.8, 4) is 0 Å². The molecule has 0 saturated carbocycles. The maximum absolute atomic E-state index is 12.0. The molecule has 0 aliphatic rings. The number of nitrogens with zero attached hydrogens (tertiary/aromatic N) is 4. The van der Waals surface area contributed by atoms with Gasteiger partial charge in [0.2, 0.25) is 5.95 Å². The van der Waals surface area contributed by atoms with Gasteiger partial charge < -0.3 is 15.1 Å². The van der Waals surface area contributed by atoms with Gasteiger partial charge in [0.1, 0.15) is 5.69 Å². The molecule has 8 heteroatoms. The van der Waals surface area contributed by atoms with Crippen molar-refractivity contribution in [1.82, 2.24) is 9.97 Å². The molecule has 0 saturated heterocycles. The molecule has 0 spiro atoms. The first-order valence-electron chi connectivity index (χ1n) is 6.30. The Hall–Kier alpha value is -2.35. The van der Waals surface area contributed by atoms with Crippen molar-refractivity contribution in [2.75, 3.05) is 48.6 Å². The minimum absolute atomic E-state index is 0.318. The lowest BCUT2D eigenvalue weighted by Crippen LogP contribution is -2.23. The first kappa shape index (κ1) is 15.0. The maximum Gasteiger partial charge on any atom is 0.324 e. The van der Waals surface area contributed by atoms with Gasteiger partial charge in [0.25, 0.3) is 0 Å². The molecule has 21 heavy (non-hydrogen) atoms. The number of thiophene rings is 1. The van der Waals surface area contributed by atoms with Gasteiger partial charge >= 0.3 is 6.03 Å². The standard InChI is InChI=1S/C13H18N6OS/c1-18(2)11-9(8-14-12(17-11)19(3)4)15-13(20)16-10-6-5-7-21-10/h5-8H,1-4H3,(H2,15,16,20). The molecule has 0 fully saturated rings. The number of hydrogen-bond acceptors (Lipinski definition) is 6. The molecule has 2 N–H and O–H groups in total. The summed E-state index contributed by atoms with van der Waals surface area (Å²) in [5.74, 6) is 1.23. The Labute approximate surface area is 127 Å². The molecule has 0 bridgehead atoms. The molecule has 2 aromatic heterocycles. The fourth-order valence-corrected chi connectivity index (χ4v) is 2.24. The number of urea groups is 1. The summed E-state index contributed by atoms with van der Waals surface area (Å²) in [5.41, 5.74) is 0.555. The quantitative estimate of drug-likeness (QED) is 0.907. The van der Waals surface area contributed by atoms with Gasteiger partial charge in [-0.05, 0) is 17.5 Å². The molecule has 0 aromatic carbocycles. The van der Waals surface area contributed by atoms with Crippen LogP contribution >= 0.6 is 11.3 Å². The van der Waals surface area contributed by atoms with Crippen LogP contribution < -0.4 is 20.4 Å². The van der Waals surface area contributed by atoms with Crippen LogP contribution in [-0.4, -0.2) is 44.2 Å². The van der Waals surface area contributed by atoms with Crippen LogP contribution in [0.3, 0.4) is 0 Å². The highest BCUT2D eigenvalue weighted by Gasteiger charge is 2.13. The van der Waals surface area contributed by atoms with Crippen molar-refractivity contribution in [2.45, 2.75) is 0 Å². The topological polar surface area (TPSA) is 73.4 Å². The number of nitrogens with one attached hydrogen (secondary N) is 2. The van der Waals surface area contributed by atoms with Crippen LogP contribution in [0.4, 0.5) is 27.2 Å². The monoisotopic (exact) mass is 306 g/mol. The van der Waals surface area contributed by atoms with E-state index in [0.29, 0.717) is 17.5 Å². The summed E-state index contributed by atoms with van der Waals surface area (Å²) in [6, 6.07) is 3.39. The van der Waals surface area contributed by atoms with Gasteiger partial charge in [0.15, 0.2) is 5.82 Å². The normalized spacial score (nSPS) is 10.1. The van der Waals surface area contributed by atoms with Gasteiger partial charge in [-0.15, -0.1) is 11.3 Å². The molecular weight excluding hydrogens is 288 g/mol. The van der Waals surface area contributed by atoms with Gasteiger partial charge in [0, 0.05) is 28.2 Å². The predicted molar refractivity (Wildman–Crippen MR) is 87.6 cm³/mol. The lowest BCUT2D eigenvalue weighted by Gasteiger charge is -2.19. The molecule has 2 rings (SSSR count). The van der Waals surface area contributed by atoms with E-state index in [0.717, 1.165) is 5.00 Å². The second-order valence-corrected chi connectivity index (χ2v) is 5.70. The number of hydrogen-bond donors (Lipinski definition) is 2. The van der Waals surface area contributed by atoms with Gasteiger partial charge in [-0.2, -0.15) is 4.98 Å². The van der Waals surface area contributed by atoms with Crippen LogP contribution in [0.25, 0.3) is 0 Å². The molecular formula is C13H18N6OS. The third-order valence-electron chi connectivity index (χ3n) is 2.59. The van der Waals surface area contributed by atoms with Crippen LogP contribution in [-0.2, 0) is 0 Å². The Kier molecular flexibility index (Phi) is 4.59. The van der Waals surface area contributed by atoms with E-state index in [9.17, 15) is 4.79 Å². The summed E-state index contributed by atoms with van der Waals surface area (Å²) in [4.78, 5) is 24.3. The van der Waals surface area contributed by atoms with E-state index in [-0.39, 0.29) is 6.03 Å². The smallest absolute Gasteiger partial charge is 0.324 e. The van der Waals surface area contributed by atoms with E-state index in [1.807, 2.05) is 55.5 Å². The maximum atomic E-state index is 12.0. The average Bonchev–Trinajstić information content (AvgIpc) is 2.91. The molecule has 0 atom stereocenters. The van der Waals surface area contributed by atoms with Crippen molar-refractivity contribution in [1.29, 1.82) is 0 Å². The Bertz CT molecular complexity index is 611. The zero-order valence-corrected chi connectivity index (χ0v) is 13.2. The SMILES string of the molecule is CN(C)c1ncc(NC(=O)Nc2cccs2)c(N(C)C)n1. The minimum Gasteiger partial charge on any atom is -0.361 e. The Balaban J connectivity index is 2.17. The summed E-state index contributed by atoms with van der Waals surface area (Å²) >= 11 is 1.46. The molecule has 2 heterocycles. The van der Waals surface area contributed by atoms with Gasteiger partial charge in [-0.1, -0.05) is 0 Å². The molecule has 0 unspecified atom stereocenters. The summed E-state index contributed by atoms with van der Waals surface area (Å²) in [5, 5.41) is 8.21. The first-order chi connectivity index (χ1) is 9.97. The molecule has 112 valence electrons. The number of anilines is 4. The van der Waals surface area contributed by atoms with E-state index >= 15 is 0 Å². The Morgan fingerprint density at radius 1 is 1.19 bits per heavy atom. The van der Waals surface area contributed by atoms with E-state index in [2.05, 4.69) is 20.6 Å². The zero-order chi connectivity index (χ0) is 15.4. The molecule has 2 aromatic rings. The summed E-state index contributed by atoms with van der Waals surface area (Å²) in [6.45, 7) is 0. The molecule has 0 aliphatic heterocycles. The van der Waals surface area contributed by atoms with Crippen LogP contribution in [0.5, 0.6) is 0 Å². The summed E-state index contributed by atoms with van der Waals surface area (Å²) in [6.07, 6.45) is 1.60. The van der Waals surface area contributed by atoms with Crippen LogP contribution in [0.15, 0.2) is 23.7 Å². The van der Waals surface area contributed by atoms with Crippen LogP contribution in [0.2, 0.25) is 0 Å². The number of carbonyl (C=O) groups excluding carboxylic acids is 1. The Morgan fingerprint density at radius 3 is 2.52 bits per heavy atom. The lowest BCUT2D eigenvalue weighted by atomic mass is 10.4. The Morgan fingerprint density at radius 2 is 1.95 bits per heavy atom. The van der Waals surface area contributed by atoms with Crippen molar-refractivity contribution in [3.63, 3.8) is 0 Å². The van der Waals surface area contributed by atoms with E-state index in [1.165, 1.54) is 11.3 Å². The van der Waals surface area contributed by atoms with Crippen molar-refractivity contribution >= 4 is 39.8 Å². The highest BCUT2D eigenvalue weighted by Crippen LogP contribution is 2.23. The lowest BCUT2D eigenvalue weighted by molar-refractivity contribution is 0.262. The third-order valence-corrected chi connectivity index (χ3v) is 3.37. The number of rotatable bonds is 4. The van der Waals surface area contributed by atoms with Crippen LogP contribution in [0.1, 0.15) is 0 Å². The zero-order valence-electron chi connectivity index (χ0n) is 12.4. The van der Waals surface area contributed by atoms with Crippen LogP contribution in [0, 0.1) is 0 Å². The number of aromatic nitrogens is 2. The van der Waals surface area contributed by atoms with Gasteiger partial charge in [-0.3, -0.25) is 5.32 Å². The first-order valence-corrected chi connectivity index (χ1v) is 7.18. The average molecular weight is 306 g/mol. The highest BCUT2D eigenvalue weighted by molar-refractivity contribution is 7.14. The van der Waals surface area contributed by atoms with E-state index in [1.54, 1.807) is 6.20 Å². The largest absolute Gasteiger partial charge is 0.361 e. The third kappa shape index (κ3) is 3.82. The summed E-state index contributed by atoms with van der Waals surface area (Å²) < 4.78 is 0. The van der Waals surface area contributed by atoms with Crippen molar-refractivity contribution in [2.24, 2.45) is 0 Å². The second kappa shape index (κ2) is 6.40. The highest BCUT2D eigenvalue weighted by atomic mass is 32.1. The number of amides is 2. The van der Waals surface area contributed by atoms with Gasteiger partial charge in [0.05, 0.1) is 11.2 Å². The number of carbonyl (C=O) groups is 1. The van der Waals surface area contributed by atoms with E-state index in [4.69, 9.17) is 0 Å². The molecule has 2 amide bonds. The molecule has 7 nitrogen and oxygen atoms in total. The van der Waals surface area contributed by atoms with Gasteiger partial charge in [-0.25, -0.2) is 9.78 Å². The molecule has 0 aliphatic carbocycles. The van der Waals surface area contributed by atoms with Crippen molar-refractivity contribution in [3.05, 3.63) is 23.7 Å². The fraction of sp³-hybridized carbons (Fsp3) is 0.308. The second-order valence-electron chi connectivity index (χ2n) is 4.75. The summed E-state index contributed by atoms with van der Waals surface area (Å²) in [7, 11) is 7.46. The van der Waals surface area contributed by atoms with E-state index < -0.39 is 0 Å². The molecule has 0 radical (unpaired) electrons. The fourth-order valence-electron chi connectivity index (χ4n) is 1.62. The predicted octanol–water partition coefficient (Wildman–Crippen LogP) is 2.31. The van der Waals surface area contributed by atoms with Crippen molar-refractivity contribution < 1.29 is 4.79 Å².